The Morgan fingerprint density at radius 1 is 0.784 bits per heavy atom. The fraction of sp³-hybridized carbons (Fsp3) is 0.606. The zero-order valence-corrected chi connectivity index (χ0v) is 24.2. The molecular weight excluding hydrogens is 458 g/mol. The summed E-state index contributed by atoms with van der Waals surface area (Å²) in [7, 11) is 4.41. The molecule has 206 valence electrons. The van der Waals surface area contributed by atoms with E-state index in [2.05, 4.69) is 57.4 Å². The van der Waals surface area contributed by atoms with Crippen LogP contribution in [0.5, 0.6) is 5.75 Å². The average molecular weight is 511 g/mol. The first-order valence-corrected chi connectivity index (χ1v) is 14.6. The molecule has 0 aliphatic carbocycles. The molecule has 0 radical (unpaired) electrons. The van der Waals surface area contributed by atoms with Gasteiger partial charge in [0.25, 0.3) is 0 Å². The number of hydrogen-bond acceptors (Lipinski definition) is 3. The second-order valence-corrected chi connectivity index (χ2v) is 11.3. The molecule has 2 unspecified atom stereocenters. The van der Waals surface area contributed by atoms with Gasteiger partial charge in [0.05, 0.1) is 26.6 Å². The molecule has 4 heteroatoms. The minimum atomic E-state index is -0.607. The van der Waals surface area contributed by atoms with Gasteiger partial charge < -0.3 is 14.0 Å². The summed E-state index contributed by atoms with van der Waals surface area (Å²) in [6.45, 7) is 7.85. The summed E-state index contributed by atoms with van der Waals surface area (Å²) in [6, 6.07) is 18.7. The summed E-state index contributed by atoms with van der Waals surface area (Å²) in [5.74, 6) is 0.372. The first-order valence-electron chi connectivity index (χ1n) is 14.6. The van der Waals surface area contributed by atoms with Gasteiger partial charge in [-0.25, -0.2) is 0 Å². The summed E-state index contributed by atoms with van der Waals surface area (Å²) in [5.41, 5.74) is 2.65. The smallest absolute Gasteiger partial charge is 0.311 e. The van der Waals surface area contributed by atoms with Crippen LogP contribution in [0.4, 0.5) is 0 Å². The topological polar surface area (TPSA) is 35.5 Å². The summed E-state index contributed by atoms with van der Waals surface area (Å²) in [5, 5.41) is 0. The lowest BCUT2D eigenvalue weighted by Crippen LogP contribution is -2.41. The van der Waals surface area contributed by atoms with Crippen molar-refractivity contribution in [3.8, 4) is 5.75 Å². The van der Waals surface area contributed by atoms with Crippen molar-refractivity contribution in [3.63, 3.8) is 0 Å². The molecule has 4 nitrogen and oxygen atoms in total. The maximum absolute atomic E-state index is 12.6. The Hall–Kier alpha value is -2.33. The third-order valence-electron chi connectivity index (χ3n) is 7.10. The Kier molecular flexibility index (Phi) is 14.4. The molecule has 0 amide bonds. The number of aryl methyl sites for hydroxylation is 1. The lowest BCUT2D eigenvalue weighted by Gasteiger charge is -2.31. The average Bonchev–Trinajstić information content (AvgIpc) is 2.87. The number of carbonyl (C=O) groups excluding carboxylic acids is 1. The van der Waals surface area contributed by atoms with Crippen LogP contribution in [0.15, 0.2) is 54.6 Å². The second kappa shape index (κ2) is 17.2. The predicted molar refractivity (Wildman–Crippen MR) is 154 cm³/mol. The quantitative estimate of drug-likeness (QED) is 0.0824. The number of carbonyl (C=O) groups is 1. The lowest BCUT2D eigenvalue weighted by molar-refractivity contribution is -0.904. The minimum Gasteiger partial charge on any atom is -0.455 e. The van der Waals surface area contributed by atoms with Gasteiger partial charge in [0.15, 0.2) is 0 Å². The maximum atomic E-state index is 12.6. The van der Waals surface area contributed by atoms with Crippen LogP contribution in [-0.4, -0.2) is 37.4 Å². The monoisotopic (exact) mass is 510 g/mol. The van der Waals surface area contributed by atoms with Crippen LogP contribution >= 0.6 is 0 Å². The summed E-state index contributed by atoms with van der Waals surface area (Å²) < 4.78 is 12.3. The van der Waals surface area contributed by atoms with E-state index in [4.69, 9.17) is 9.47 Å². The van der Waals surface area contributed by atoms with Crippen LogP contribution in [0.25, 0.3) is 0 Å². The number of unbranched alkanes of at least 4 members (excludes halogenated alkanes) is 8. The fourth-order valence-corrected chi connectivity index (χ4v) is 4.69. The highest BCUT2D eigenvalue weighted by atomic mass is 16.7. The number of hydrogen-bond donors (Lipinski definition) is 0. The molecule has 37 heavy (non-hydrogen) atoms. The Bertz CT molecular complexity index is 863. The van der Waals surface area contributed by atoms with Crippen LogP contribution < -0.4 is 4.74 Å². The molecule has 0 aliphatic rings. The molecule has 2 rings (SSSR count). The molecular formula is C33H52NO3+. The molecule has 0 heterocycles. The van der Waals surface area contributed by atoms with Crippen molar-refractivity contribution < 1.29 is 18.8 Å². The molecule has 0 saturated carbocycles. The van der Waals surface area contributed by atoms with Crippen LogP contribution in [0.2, 0.25) is 0 Å². The maximum Gasteiger partial charge on any atom is 0.311 e. The Morgan fingerprint density at radius 2 is 1.38 bits per heavy atom. The van der Waals surface area contributed by atoms with E-state index in [9.17, 15) is 4.79 Å². The van der Waals surface area contributed by atoms with Crippen molar-refractivity contribution in [3.05, 3.63) is 65.7 Å². The van der Waals surface area contributed by atoms with Gasteiger partial charge in [0.1, 0.15) is 12.3 Å². The van der Waals surface area contributed by atoms with Crippen LogP contribution in [-0.2, 0) is 22.5 Å². The minimum absolute atomic E-state index is 0.169. The zero-order chi connectivity index (χ0) is 26.9. The van der Waals surface area contributed by atoms with E-state index in [0.29, 0.717) is 0 Å². The van der Waals surface area contributed by atoms with E-state index < -0.39 is 6.29 Å². The first kappa shape index (κ1) is 30.9. The SMILES string of the molecule is CCCCCCCCCCCc1ccc(OC(C)OC(=O)C(C)CC[N+](C)(C)Cc2ccccc2)cc1. The van der Waals surface area contributed by atoms with E-state index in [0.717, 1.165) is 36.2 Å². The van der Waals surface area contributed by atoms with E-state index in [1.165, 1.54) is 68.9 Å². The second-order valence-electron chi connectivity index (χ2n) is 11.3. The Balaban J connectivity index is 1.62. The highest BCUT2D eigenvalue weighted by molar-refractivity contribution is 5.72. The van der Waals surface area contributed by atoms with E-state index >= 15 is 0 Å². The van der Waals surface area contributed by atoms with Gasteiger partial charge in [-0.3, -0.25) is 4.79 Å². The third kappa shape index (κ3) is 13.7. The molecule has 0 bridgehead atoms. The molecule has 0 aliphatic heterocycles. The lowest BCUT2D eigenvalue weighted by atomic mass is 10.0. The van der Waals surface area contributed by atoms with Gasteiger partial charge in [0.2, 0.25) is 6.29 Å². The largest absolute Gasteiger partial charge is 0.455 e. The highest BCUT2D eigenvalue weighted by Crippen LogP contribution is 2.19. The van der Waals surface area contributed by atoms with Gasteiger partial charge in [-0.05, 0) is 30.5 Å². The van der Waals surface area contributed by atoms with Crippen molar-refractivity contribution >= 4 is 5.97 Å². The van der Waals surface area contributed by atoms with Gasteiger partial charge >= 0.3 is 5.97 Å². The number of nitrogens with zero attached hydrogens (tertiary/aromatic N) is 1. The fourth-order valence-electron chi connectivity index (χ4n) is 4.69. The molecule has 0 N–H and O–H groups in total. The van der Waals surface area contributed by atoms with Crippen molar-refractivity contribution in [2.45, 2.75) is 104 Å². The molecule has 2 atom stereocenters. The first-order chi connectivity index (χ1) is 17.8. The summed E-state index contributed by atoms with van der Waals surface area (Å²) >= 11 is 0. The van der Waals surface area contributed by atoms with Crippen LogP contribution in [0, 0.1) is 5.92 Å². The Labute approximate surface area is 227 Å². The summed E-state index contributed by atoms with van der Waals surface area (Å²) in [6.07, 6.45) is 13.4. The standard InChI is InChI=1S/C33H52NO3/c1-6-7-8-9-10-11-12-13-15-18-30-21-23-32(24-22-30)36-29(3)37-33(35)28(2)25-26-34(4,5)27-31-19-16-14-17-20-31/h14,16-17,19-24,28-29H,6-13,15,18,25-27H2,1-5H3/q+1. The van der Waals surface area contributed by atoms with Crippen molar-refractivity contribution in [2.24, 2.45) is 5.92 Å². The zero-order valence-electron chi connectivity index (χ0n) is 24.2. The molecule has 2 aromatic carbocycles. The number of benzene rings is 2. The molecule has 0 saturated heterocycles. The third-order valence-corrected chi connectivity index (χ3v) is 7.10. The predicted octanol–water partition coefficient (Wildman–Crippen LogP) is 8.33. The number of rotatable bonds is 19. The van der Waals surface area contributed by atoms with Crippen LogP contribution in [0.3, 0.4) is 0 Å². The summed E-state index contributed by atoms with van der Waals surface area (Å²) in [4.78, 5) is 12.6. The Morgan fingerprint density at radius 3 is 2.00 bits per heavy atom. The molecule has 0 spiro atoms. The number of quaternary nitrogens is 1. The van der Waals surface area contributed by atoms with E-state index in [1.54, 1.807) is 6.92 Å². The molecule has 0 aromatic heterocycles. The van der Waals surface area contributed by atoms with Crippen molar-refractivity contribution in [1.29, 1.82) is 0 Å². The number of ether oxygens (including phenoxy) is 2. The molecule has 2 aromatic rings. The van der Waals surface area contributed by atoms with Gasteiger partial charge in [-0.2, -0.15) is 0 Å². The van der Waals surface area contributed by atoms with E-state index in [1.807, 2.05) is 25.1 Å². The van der Waals surface area contributed by atoms with Gasteiger partial charge in [-0.1, -0.05) is 108 Å². The normalized spacial score (nSPS) is 13.2. The number of esters is 1. The van der Waals surface area contributed by atoms with Crippen molar-refractivity contribution in [1.82, 2.24) is 0 Å². The van der Waals surface area contributed by atoms with Crippen molar-refractivity contribution in [2.75, 3.05) is 20.6 Å². The van der Waals surface area contributed by atoms with Gasteiger partial charge in [-0.15, -0.1) is 0 Å². The highest BCUT2D eigenvalue weighted by Gasteiger charge is 2.23. The van der Waals surface area contributed by atoms with Crippen LogP contribution in [0.1, 0.15) is 96.1 Å². The van der Waals surface area contributed by atoms with Gasteiger partial charge in [0, 0.05) is 18.9 Å². The molecule has 0 fully saturated rings. The van der Waals surface area contributed by atoms with E-state index in [-0.39, 0.29) is 11.9 Å².